The largest absolute Gasteiger partial charge is 0.480 e. The topological polar surface area (TPSA) is 166 Å². The highest BCUT2D eigenvalue weighted by atomic mass is 31.2. The number of aliphatic carboxylic acids is 1. The molecule has 0 saturated heterocycles. The molecule has 0 spiro atoms. The van der Waals surface area contributed by atoms with Gasteiger partial charge in [-0.3, -0.25) is 18.6 Å². The number of phosphoric ester groups is 1. The van der Waals surface area contributed by atoms with Gasteiger partial charge < -0.3 is 25.6 Å². The van der Waals surface area contributed by atoms with E-state index in [1.54, 1.807) is 0 Å². The van der Waals surface area contributed by atoms with Crippen LogP contribution in [0, 0.1) is 0 Å². The van der Waals surface area contributed by atoms with Crippen molar-refractivity contribution in [3.05, 3.63) is 0 Å². The van der Waals surface area contributed by atoms with Crippen molar-refractivity contribution in [2.75, 3.05) is 19.8 Å². The first-order chi connectivity index (χ1) is 20.2. The quantitative estimate of drug-likeness (QED) is 0.0336. The van der Waals surface area contributed by atoms with Gasteiger partial charge in [-0.05, 0) is 6.42 Å². The third-order valence-corrected chi connectivity index (χ3v) is 8.29. The maximum Gasteiger partial charge on any atom is 0.472 e. The van der Waals surface area contributed by atoms with Gasteiger partial charge in [0.05, 0.1) is 13.2 Å². The molecule has 0 aromatic heterocycles. The van der Waals surface area contributed by atoms with Gasteiger partial charge >= 0.3 is 19.8 Å². The summed E-state index contributed by atoms with van der Waals surface area (Å²) in [5.41, 5.74) is 5.17. The third-order valence-electron chi connectivity index (χ3n) is 7.34. The summed E-state index contributed by atoms with van der Waals surface area (Å²) in [6, 6.07) is -1.48. The van der Waals surface area contributed by atoms with Gasteiger partial charge in [-0.1, -0.05) is 142 Å². The van der Waals surface area contributed by atoms with Crippen molar-refractivity contribution in [2.24, 2.45) is 5.73 Å². The van der Waals surface area contributed by atoms with Crippen LogP contribution in [0.3, 0.4) is 0 Å². The fourth-order valence-corrected chi connectivity index (χ4v) is 5.43. The van der Waals surface area contributed by atoms with Crippen molar-refractivity contribution in [3.8, 4) is 0 Å². The van der Waals surface area contributed by atoms with Crippen LogP contribution in [0.1, 0.15) is 155 Å². The number of ether oxygens (including phenoxy) is 1. The summed E-state index contributed by atoms with van der Waals surface area (Å²) in [6.07, 6.45) is 27.6. The normalized spacial score (nSPS) is 14.4. The van der Waals surface area contributed by atoms with Gasteiger partial charge in [0.2, 0.25) is 0 Å². The first kappa shape index (κ1) is 41.0. The van der Waals surface area contributed by atoms with Gasteiger partial charge in [0.1, 0.15) is 18.8 Å². The van der Waals surface area contributed by atoms with Crippen molar-refractivity contribution in [1.29, 1.82) is 0 Å². The molecule has 0 fully saturated rings. The van der Waals surface area contributed by atoms with Crippen LogP contribution in [-0.4, -0.2) is 59.0 Å². The van der Waals surface area contributed by atoms with Crippen LogP contribution in [0.15, 0.2) is 0 Å². The Morgan fingerprint density at radius 2 is 1.00 bits per heavy atom. The number of carbonyl (C=O) groups is 2. The van der Waals surface area contributed by atoms with Gasteiger partial charge in [-0.25, -0.2) is 4.57 Å². The molecule has 0 rings (SSSR count). The maximum atomic E-state index is 11.8. The van der Waals surface area contributed by atoms with Crippen LogP contribution in [-0.2, 0) is 27.9 Å². The predicted octanol–water partition coefficient (Wildman–Crippen LogP) is 7.43. The molecule has 0 aliphatic carbocycles. The molecule has 0 aromatic rings. The molecular weight excluding hydrogens is 561 g/mol. The second kappa shape index (κ2) is 28.7. The number of carboxylic acid groups (broad SMARTS) is 1. The number of nitrogens with two attached hydrogens (primary N) is 1. The molecule has 0 aliphatic heterocycles. The number of esters is 1. The molecule has 250 valence electrons. The van der Waals surface area contributed by atoms with E-state index in [1.165, 1.54) is 122 Å². The minimum absolute atomic E-state index is 0.251. The van der Waals surface area contributed by atoms with E-state index in [2.05, 4.69) is 16.0 Å². The monoisotopic (exact) mass is 623 g/mol. The lowest BCUT2D eigenvalue weighted by atomic mass is 10.0. The first-order valence-corrected chi connectivity index (χ1v) is 18.1. The highest BCUT2D eigenvalue weighted by Crippen LogP contribution is 2.43. The van der Waals surface area contributed by atoms with Crippen molar-refractivity contribution < 1.29 is 43.0 Å². The molecule has 0 saturated carbocycles. The lowest BCUT2D eigenvalue weighted by Gasteiger charge is -2.16. The fraction of sp³-hybridized carbons (Fsp3) is 0.935. The Balaban J connectivity index is 3.41. The average molecular weight is 624 g/mol. The van der Waals surface area contributed by atoms with Crippen LogP contribution in [0.25, 0.3) is 0 Å². The molecule has 3 unspecified atom stereocenters. The number of hydrogen-bond donors (Lipinski definition) is 4. The summed E-state index contributed by atoms with van der Waals surface area (Å²) < 4.78 is 25.6. The summed E-state index contributed by atoms with van der Waals surface area (Å²) in [4.78, 5) is 31.9. The highest BCUT2D eigenvalue weighted by Gasteiger charge is 2.26. The number of rotatable bonds is 32. The molecule has 0 aliphatic rings. The van der Waals surface area contributed by atoms with E-state index in [1.807, 2.05) is 0 Å². The highest BCUT2D eigenvalue weighted by molar-refractivity contribution is 7.47. The zero-order valence-electron chi connectivity index (χ0n) is 26.4. The van der Waals surface area contributed by atoms with Gasteiger partial charge in [0, 0.05) is 6.42 Å². The van der Waals surface area contributed by atoms with E-state index in [9.17, 15) is 24.2 Å². The second-order valence-corrected chi connectivity index (χ2v) is 13.0. The van der Waals surface area contributed by atoms with Crippen molar-refractivity contribution in [2.45, 2.75) is 167 Å². The minimum Gasteiger partial charge on any atom is -0.480 e. The Labute approximate surface area is 255 Å². The van der Waals surface area contributed by atoms with Crippen LogP contribution >= 0.6 is 7.82 Å². The summed E-state index contributed by atoms with van der Waals surface area (Å²) >= 11 is 0. The Kier molecular flexibility index (Phi) is 28.0. The number of carbonyl (C=O) groups excluding carboxylic acids is 1. The maximum absolute atomic E-state index is 11.8. The van der Waals surface area contributed by atoms with Crippen molar-refractivity contribution >= 4 is 19.8 Å². The molecule has 0 heterocycles. The Bertz CT molecular complexity index is 695. The number of phosphoric acid groups is 1. The third kappa shape index (κ3) is 29.1. The van der Waals surface area contributed by atoms with E-state index in [0.717, 1.165) is 12.8 Å². The lowest BCUT2D eigenvalue weighted by molar-refractivity contribution is -0.147. The van der Waals surface area contributed by atoms with Crippen molar-refractivity contribution in [1.82, 2.24) is 0 Å². The molecule has 10 nitrogen and oxygen atoms in total. The second-order valence-electron chi connectivity index (χ2n) is 11.5. The number of hydrogen-bond acceptors (Lipinski definition) is 8. The van der Waals surface area contributed by atoms with Gasteiger partial charge in [-0.15, -0.1) is 0 Å². The Morgan fingerprint density at radius 3 is 1.38 bits per heavy atom. The molecule has 5 N–H and O–H groups in total. The predicted molar refractivity (Wildman–Crippen MR) is 166 cm³/mol. The van der Waals surface area contributed by atoms with Gasteiger partial charge in [0.15, 0.2) is 0 Å². The van der Waals surface area contributed by atoms with Crippen molar-refractivity contribution in [3.63, 3.8) is 0 Å². The van der Waals surface area contributed by atoms with E-state index < -0.39 is 45.1 Å². The molecule has 0 radical (unpaired) electrons. The lowest BCUT2D eigenvalue weighted by Crippen LogP contribution is -2.34. The van der Waals surface area contributed by atoms with E-state index in [-0.39, 0.29) is 13.0 Å². The van der Waals surface area contributed by atoms with Crippen LogP contribution in [0.2, 0.25) is 0 Å². The molecule has 0 bridgehead atoms. The molecule has 42 heavy (non-hydrogen) atoms. The number of carboxylic acids is 1. The minimum atomic E-state index is -4.58. The summed E-state index contributed by atoms with van der Waals surface area (Å²) in [6.45, 7) is 0.540. The Hall–Kier alpha value is -1.03. The fourth-order valence-electron chi connectivity index (χ4n) is 4.65. The molecule has 3 atom stereocenters. The first-order valence-electron chi connectivity index (χ1n) is 16.6. The summed E-state index contributed by atoms with van der Waals surface area (Å²) in [7, 11) is -4.58. The van der Waals surface area contributed by atoms with Crippen LogP contribution in [0.4, 0.5) is 0 Å². The average Bonchev–Trinajstić information content (AvgIpc) is 2.96. The smallest absolute Gasteiger partial charge is 0.472 e. The Morgan fingerprint density at radius 1 is 0.643 bits per heavy atom. The van der Waals surface area contributed by atoms with Crippen LogP contribution in [0.5, 0.6) is 0 Å². The van der Waals surface area contributed by atoms with E-state index >= 15 is 0 Å². The molecule has 0 aromatic carbocycles. The number of unbranched alkanes of at least 4 members (excludes halogenated alkanes) is 21. The zero-order chi connectivity index (χ0) is 31.3. The van der Waals surface area contributed by atoms with Crippen LogP contribution < -0.4 is 5.73 Å². The van der Waals surface area contributed by atoms with Gasteiger partial charge in [0.25, 0.3) is 0 Å². The molecular formula is C31H62NO9P. The molecule has 0 amide bonds. The number of aliphatic hydroxyl groups excluding tert-OH is 1. The summed E-state index contributed by atoms with van der Waals surface area (Å²) in [5, 5.41) is 18.4. The number of aliphatic hydroxyl groups is 1. The van der Waals surface area contributed by atoms with E-state index in [0.29, 0.717) is 6.42 Å². The SMILES string of the molecule is CCCCCCCCCCCCCCCCCCCCCCCCC(=O)OCC(O)COP(=O)(O)OCC(N)C(=O)O. The standard InChI is InChI=1S/C31H62NO9P/c1-2-3-4-5-6-7-8-9-10-11-12-13-14-15-16-17-18-19-20-21-22-23-24-30(34)39-25-28(33)26-40-42(37,38)41-27-29(32)31(35)36/h28-29,33H,2-27,32H2,1H3,(H,35,36)(H,37,38). The van der Waals surface area contributed by atoms with E-state index in [4.69, 9.17) is 15.6 Å². The zero-order valence-corrected chi connectivity index (χ0v) is 27.2. The molecule has 11 heteroatoms. The summed E-state index contributed by atoms with van der Waals surface area (Å²) in [5.74, 6) is -1.84. The van der Waals surface area contributed by atoms with Gasteiger partial charge in [-0.2, -0.15) is 0 Å².